The van der Waals surface area contributed by atoms with Crippen molar-refractivity contribution >= 4 is 21.6 Å². The molecule has 0 amide bonds. The van der Waals surface area contributed by atoms with Crippen LogP contribution < -0.4 is 9.03 Å². The third-order valence-electron chi connectivity index (χ3n) is 3.29. The van der Waals surface area contributed by atoms with Gasteiger partial charge in [-0.2, -0.15) is 21.6 Å². The molecule has 22 heavy (non-hydrogen) atoms. The van der Waals surface area contributed by atoms with Crippen LogP contribution in [0.2, 0.25) is 0 Å². The number of rotatable bonds is 2. The van der Waals surface area contributed by atoms with Crippen molar-refractivity contribution in [2.75, 3.05) is 9.03 Å². The lowest BCUT2D eigenvalue weighted by molar-refractivity contribution is -0.137. The lowest BCUT2D eigenvalue weighted by Gasteiger charge is -2.17. The molecule has 0 saturated carbocycles. The minimum absolute atomic E-state index is 0.0501. The van der Waals surface area contributed by atoms with Crippen LogP contribution in [0.4, 0.5) is 24.5 Å². The second-order valence-corrected chi connectivity index (χ2v) is 6.42. The first-order valence-electron chi connectivity index (χ1n) is 6.33. The first-order chi connectivity index (χ1) is 10.3. The fraction of sp³-hybridized carbons (Fsp3) is 0.143. The van der Waals surface area contributed by atoms with Crippen molar-refractivity contribution in [3.8, 4) is 0 Å². The molecule has 0 radical (unpaired) electrons. The third kappa shape index (κ3) is 2.61. The average molecular weight is 328 g/mol. The third-order valence-corrected chi connectivity index (χ3v) is 4.67. The fourth-order valence-corrected chi connectivity index (χ4v) is 3.54. The molecule has 0 spiro atoms. The summed E-state index contributed by atoms with van der Waals surface area (Å²) < 4.78 is 65.5. The van der Waals surface area contributed by atoms with Gasteiger partial charge >= 0.3 is 16.4 Å². The maximum absolute atomic E-state index is 12.7. The van der Waals surface area contributed by atoms with Gasteiger partial charge in [-0.1, -0.05) is 30.3 Å². The first kappa shape index (κ1) is 14.7. The Kier molecular flexibility index (Phi) is 3.28. The molecule has 3 rings (SSSR count). The van der Waals surface area contributed by atoms with E-state index >= 15 is 0 Å². The van der Waals surface area contributed by atoms with Crippen LogP contribution in [0.5, 0.6) is 0 Å². The molecule has 0 aromatic heterocycles. The average Bonchev–Trinajstić information content (AvgIpc) is 2.69. The minimum Gasteiger partial charge on any atom is -0.264 e. The highest BCUT2D eigenvalue weighted by molar-refractivity contribution is 7.94. The maximum Gasteiger partial charge on any atom is 0.416 e. The van der Waals surface area contributed by atoms with E-state index in [0.29, 0.717) is 0 Å². The summed E-state index contributed by atoms with van der Waals surface area (Å²) in [5.74, 6) is 0. The molecule has 1 aliphatic heterocycles. The van der Waals surface area contributed by atoms with E-state index in [4.69, 9.17) is 0 Å². The molecule has 1 heterocycles. The van der Waals surface area contributed by atoms with Gasteiger partial charge in [-0.15, -0.1) is 0 Å². The summed E-state index contributed by atoms with van der Waals surface area (Å²) in [4.78, 5) is 0. The summed E-state index contributed by atoms with van der Waals surface area (Å²) in [6.07, 6.45) is -4.52. The molecule has 2 aromatic rings. The van der Waals surface area contributed by atoms with Crippen molar-refractivity contribution in [2.45, 2.75) is 12.7 Å². The van der Waals surface area contributed by atoms with Crippen molar-refractivity contribution in [3.05, 3.63) is 59.7 Å². The zero-order chi connectivity index (χ0) is 16.0. The number of alkyl halides is 3. The summed E-state index contributed by atoms with van der Waals surface area (Å²) in [7, 11) is -3.89. The number of fused-ring (bicyclic) bond motifs is 1. The SMILES string of the molecule is O=S1(=O)Nc2cc(C(F)(F)F)ccc2N1Cc1ccccc1. The highest BCUT2D eigenvalue weighted by atomic mass is 32.2. The maximum atomic E-state index is 12.7. The summed E-state index contributed by atoms with van der Waals surface area (Å²) in [6, 6.07) is 11.7. The summed E-state index contributed by atoms with van der Waals surface area (Å²) >= 11 is 0. The van der Waals surface area contributed by atoms with E-state index < -0.39 is 21.9 Å². The Morgan fingerprint density at radius 2 is 1.73 bits per heavy atom. The van der Waals surface area contributed by atoms with E-state index in [1.54, 1.807) is 30.3 Å². The Bertz CT molecular complexity index is 805. The molecule has 0 saturated heterocycles. The van der Waals surface area contributed by atoms with E-state index in [0.717, 1.165) is 22.0 Å². The van der Waals surface area contributed by atoms with Crippen molar-refractivity contribution in [1.82, 2.24) is 0 Å². The Morgan fingerprint density at radius 3 is 2.36 bits per heavy atom. The van der Waals surface area contributed by atoms with Crippen molar-refractivity contribution in [1.29, 1.82) is 0 Å². The monoisotopic (exact) mass is 328 g/mol. The quantitative estimate of drug-likeness (QED) is 0.919. The van der Waals surface area contributed by atoms with Crippen LogP contribution in [0.15, 0.2) is 48.5 Å². The highest BCUT2D eigenvalue weighted by Gasteiger charge is 2.36. The van der Waals surface area contributed by atoms with Gasteiger partial charge in [0.1, 0.15) is 0 Å². The Balaban J connectivity index is 2.00. The molecule has 8 heteroatoms. The molecule has 116 valence electrons. The molecule has 0 fully saturated rings. The first-order valence-corrected chi connectivity index (χ1v) is 7.77. The van der Waals surface area contributed by atoms with Crippen LogP contribution in [0.1, 0.15) is 11.1 Å². The van der Waals surface area contributed by atoms with Gasteiger partial charge in [-0.25, -0.2) is 4.31 Å². The van der Waals surface area contributed by atoms with E-state index in [1.807, 2.05) is 0 Å². The Morgan fingerprint density at radius 1 is 1.05 bits per heavy atom. The van der Waals surface area contributed by atoms with E-state index in [1.165, 1.54) is 6.07 Å². The van der Waals surface area contributed by atoms with Gasteiger partial charge in [-0.3, -0.25) is 4.72 Å². The lowest BCUT2D eigenvalue weighted by atomic mass is 10.1. The van der Waals surface area contributed by atoms with Gasteiger partial charge in [-0.05, 0) is 23.8 Å². The molecule has 2 aromatic carbocycles. The molecular weight excluding hydrogens is 317 g/mol. The van der Waals surface area contributed by atoms with E-state index in [-0.39, 0.29) is 17.9 Å². The molecule has 0 aliphatic carbocycles. The van der Waals surface area contributed by atoms with Crippen LogP contribution in [0.25, 0.3) is 0 Å². The second kappa shape index (κ2) is 4.91. The van der Waals surface area contributed by atoms with Crippen LogP contribution in [-0.2, 0) is 22.9 Å². The minimum atomic E-state index is -4.52. The van der Waals surface area contributed by atoms with Crippen molar-refractivity contribution in [2.24, 2.45) is 0 Å². The number of benzene rings is 2. The summed E-state index contributed by atoms with van der Waals surface area (Å²) in [5.41, 5.74) is -0.0151. The molecule has 0 atom stereocenters. The van der Waals surface area contributed by atoms with Crippen molar-refractivity contribution < 1.29 is 21.6 Å². The molecule has 0 unspecified atom stereocenters. The van der Waals surface area contributed by atoms with Crippen LogP contribution in [-0.4, -0.2) is 8.42 Å². The van der Waals surface area contributed by atoms with Gasteiger partial charge in [0.25, 0.3) is 0 Å². The van der Waals surface area contributed by atoms with Gasteiger partial charge in [0.2, 0.25) is 0 Å². The summed E-state index contributed by atoms with van der Waals surface area (Å²) in [5, 5.41) is 0. The summed E-state index contributed by atoms with van der Waals surface area (Å²) in [6.45, 7) is 0.0501. The van der Waals surface area contributed by atoms with Crippen LogP contribution in [0.3, 0.4) is 0 Å². The Hall–Kier alpha value is -2.22. The van der Waals surface area contributed by atoms with Crippen LogP contribution in [0, 0.1) is 0 Å². The number of nitrogens with zero attached hydrogens (tertiary/aromatic N) is 1. The largest absolute Gasteiger partial charge is 0.416 e. The van der Waals surface area contributed by atoms with Gasteiger partial charge in [0.05, 0.1) is 23.5 Å². The number of hydrogen-bond donors (Lipinski definition) is 1. The lowest BCUT2D eigenvalue weighted by Crippen LogP contribution is -2.29. The second-order valence-electron chi connectivity index (χ2n) is 4.83. The van der Waals surface area contributed by atoms with Crippen molar-refractivity contribution in [3.63, 3.8) is 0 Å². The normalized spacial score (nSPS) is 16.2. The number of anilines is 2. The highest BCUT2D eigenvalue weighted by Crippen LogP contribution is 2.40. The molecular formula is C14H11F3N2O2S. The van der Waals surface area contributed by atoms with Crippen LogP contribution >= 0.6 is 0 Å². The van der Waals surface area contributed by atoms with E-state index in [2.05, 4.69) is 4.72 Å². The topological polar surface area (TPSA) is 49.4 Å². The Labute approximate surface area is 125 Å². The predicted molar refractivity (Wildman–Crippen MR) is 76.6 cm³/mol. The smallest absolute Gasteiger partial charge is 0.264 e. The number of hydrogen-bond acceptors (Lipinski definition) is 2. The zero-order valence-electron chi connectivity index (χ0n) is 11.1. The number of nitrogens with one attached hydrogen (secondary N) is 1. The van der Waals surface area contributed by atoms with Gasteiger partial charge in [0.15, 0.2) is 0 Å². The molecule has 0 bridgehead atoms. The molecule has 1 aliphatic rings. The molecule has 1 N–H and O–H groups in total. The zero-order valence-corrected chi connectivity index (χ0v) is 11.9. The predicted octanol–water partition coefficient (Wildman–Crippen LogP) is 3.38. The van der Waals surface area contributed by atoms with Gasteiger partial charge in [0, 0.05) is 0 Å². The van der Waals surface area contributed by atoms with E-state index in [9.17, 15) is 21.6 Å². The number of halogens is 3. The fourth-order valence-electron chi connectivity index (χ4n) is 2.25. The van der Waals surface area contributed by atoms with Gasteiger partial charge < -0.3 is 0 Å². The molecule has 4 nitrogen and oxygen atoms in total. The standard InChI is InChI=1S/C14H11F3N2O2S/c15-14(16,17)11-6-7-13-12(8-11)18-22(20,21)19(13)9-10-4-2-1-3-5-10/h1-8,18H,9H2.